The van der Waals surface area contributed by atoms with Gasteiger partial charge in [-0.3, -0.25) is 0 Å². The van der Waals surface area contributed by atoms with E-state index in [1.54, 1.807) is 24.3 Å². The molecule has 7 nitrogen and oxygen atoms in total. The number of nitrogens with two attached hydrogens (primary N) is 1. The second kappa shape index (κ2) is 6.20. The Morgan fingerprint density at radius 1 is 1.38 bits per heavy atom. The highest BCUT2D eigenvalue weighted by Crippen LogP contribution is 2.15. The SMILES string of the molecule is Nc1cccc(OCCS(=O)(=O)NC2CCS(=O)(=O)C2)c1. The predicted octanol–water partition coefficient (Wildman–Crippen LogP) is -0.246. The molecule has 0 aliphatic carbocycles. The maximum Gasteiger partial charge on any atom is 0.215 e. The summed E-state index contributed by atoms with van der Waals surface area (Å²) in [6.07, 6.45) is 0.317. The summed E-state index contributed by atoms with van der Waals surface area (Å²) in [6, 6.07) is 6.16. The van der Waals surface area contributed by atoms with Gasteiger partial charge in [-0.15, -0.1) is 0 Å². The Bertz CT molecular complexity index is 700. The lowest BCUT2D eigenvalue weighted by Crippen LogP contribution is -2.38. The number of nitrogen functional groups attached to an aromatic ring is 1. The van der Waals surface area contributed by atoms with E-state index >= 15 is 0 Å². The molecule has 0 saturated carbocycles. The largest absolute Gasteiger partial charge is 0.492 e. The lowest BCUT2D eigenvalue weighted by Gasteiger charge is -2.12. The molecule has 1 aliphatic heterocycles. The Morgan fingerprint density at radius 2 is 2.14 bits per heavy atom. The van der Waals surface area contributed by atoms with Crippen molar-refractivity contribution < 1.29 is 21.6 Å². The monoisotopic (exact) mass is 334 g/mol. The van der Waals surface area contributed by atoms with E-state index in [0.717, 1.165) is 0 Å². The molecule has 118 valence electrons. The zero-order valence-electron chi connectivity index (χ0n) is 11.4. The van der Waals surface area contributed by atoms with Crippen LogP contribution in [0, 0.1) is 0 Å². The van der Waals surface area contributed by atoms with Crippen molar-refractivity contribution in [3.05, 3.63) is 24.3 Å². The fraction of sp³-hybridized carbons (Fsp3) is 0.500. The van der Waals surface area contributed by atoms with Gasteiger partial charge in [0.1, 0.15) is 12.4 Å². The Balaban J connectivity index is 1.82. The number of ether oxygens (including phenoxy) is 1. The van der Waals surface area contributed by atoms with Crippen LogP contribution in [0.3, 0.4) is 0 Å². The maximum atomic E-state index is 11.8. The van der Waals surface area contributed by atoms with Gasteiger partial charge in [0.25, 0.3) is 0 Å². The summed E-state index contributed by atoms with van der Waals surface area (Å²) in [5.41, 5.74) is 6.12. The minimum Gasteiger partial charge on any atom is -0.492 e. The maximum absolute atomic E-state index is 11.8. The average molecular weight is 334 g/mol. The van der Waals surface area contributed by atoms with E-state index in [2.05, 4.69) is 4.72 Å². The van der Waals surface area contributed by atoms with Crippen LogP contribution in [-0.2, 0) is 19.9 Å². The predicted molar refractivity (Wildman–Crippen MR) is 80.3 cm³/mol. The average Bonchev–Trinajstić information content (AvgIpc) is 2.67. The van der Waals surface area contributed by atoms with Crippen LogP contribution in [0.25, 0.3) is 0 Å². The number of benzene rings is 1. The van der Waals surface area contributed by atoms with Gasteiger partial charge < -0.3 is 10.5 Å². The van der Waals surface area contributed by atoms with Crippen LogP contribution in [0.2, 0.25) is 0 Å². The Labute approximate surface area is 124 Å². The molecule has 0 aromatic heterocycles. The molecule has 1 aliphatic rings. The van der Waals surface area contributed by atoms with Gasteiger partial charge in [0, 0.05) is 17.8 Å². The van der Waals surface area contributed by atoms with Crippen LogP contribution >= 0.6 is 0 Å². The molecule has 1 heterocycles. The van der Waals surface area contributed by atoms with Gasteiger partial charge in [0.2, 0.25) is 10.0 Å². The molecule has 2 rings (SSSR count). The van der Waals surface area contributed by atoms with Crippen LogP contribution in [-0.4, -0.2) is 46.7 Å². The highest BCUT2D eigenvalue weighted by Gasteiger charge is 2.30. The number of sulfone groups is 1. The number of hydrogen-bond acceptors (Lipinski definition) is 6. The van der Waals surface area contributed by atoms with Gasteiger partial charge >= 0.3 is 0 Å². The quantitative estimate of drug-likeness (QED) is 0.693. The molecule has 1 aromatic rings. The van der Waals surface area contributed by atoms with Crippen LogP contribution in [0.4, 0.5) is 5.69 Å². The van der Waals surface area contributed by atoms with Crippen molar-refractivity contribution in [3.8, 4) is 5.75 Å². The van der Waals surface area contributed by atoms with Crippen molar-refractivity contribution in [2.45, 2.75) is 12.5 Å². The van der Waals surface area contributed by atoms with Gasteiger partial charge in [-0.25, -0.2) is 21.6 Å². The molecule has 0 bridgehead atoms. The zero-order chi connectivity index (χ0) is 15.5. The second-order valence-electron chi connectivity index (χ2n) is 4.96. The topological polar surface area (TPSA) is 116 Å². The molecule has 0 radical (unpaired) electrons. The summed E-state index contributed by atoms with van der Waals surface area (Å²) in [4.78, 5) is 0. The van der Waals surface area contributed by atoms with Gasteiger partial charge in [-0.1, -0.05) is 6.07 Å². The van der Waals surface area contributed by atoms with Crippen molar-refractivity contribution in [1.82, 2.24) is 4.72 Å². The molecule has 1 aromatic carbocycles. The van der Waals surface area contributed by atoms with Crippen molar-refractivity contribution in [2.75, 3.05) is 29.6 Å². The summed E-state index contributed by atoms with van der Waals surface area (Å²) in [5, 5.41) is 0. The van der Waals surface area contributed by atoms with E-state index in [-0.39, 0.29) is 23.9 Å². The second-order valence-corrected chi connectivity index (χ2v) is 9.06. The highest BCUT2D eigenvalue weighted by atomic mass is 32.2. The third-order valence-corrected chi connectivity index (χ3v) is 6.22. The van der Waals surface area contributed by atoms with Gasteiger partial charge in [0.05, 0.1) is 17.3 Å². The fourth-order valence-corrected chi connectivity index (χ4v) is 4.98. The number of sulfonamides is 1. The molecule has 9 heteroatoms. The van der Waals surface area contributed by atoms with Crippen LogP contribution < -0.4 is 15.2 Å². The summed E-state index contributed by atoms with van der Waals surface area (Å²) in [7, 11) is -6.67. The van der Waals surface area contributed by atoms with E-state index in [1.165, 1.54) is 0 Å². The Kier molecular flexibility index (Phi) is 4.74. The first-order valence-electron chi connectivity index (χ1n) is 6.44. The molecule has 3 N–H and O–H groups in total. The third-order valence-electron chi connectivity index (χ3n) is 3.06. The van der Waals surface area contributed by atoms with Crippen LogP contribution in [0.5, 0.6) is 5.75 Å². The van der Waals surface area contributed by atoms with Crippen molar-refractivity contribution in [3.63, 3.8) is 0 Å². The third kappa shape index (κ3) is 5.18. The summed E-state index contributed by atoms with van der Waals surface area (Å²) in [5.74, 6) is 0.148. The lowest BCUT2D eigenvalue weighted by atomic mass is 10.3. The van der Waals surface area contributed by atoms with Crippen LogP contribution in [0.15, 0.2) is 24.3 Å². The van der Waals surface area contributed by atoms with E-state index < -0.39 is 25.9 Å². The van der Waals surface area contributed by atoms with E-state index in [1.807, 2.05) is 0 Å². The van der Waals surface area contributed by atoms with Crippen LogP contribution in [0.1, 0.15) is 6.42 Å². The first-order chi connectivity index (χ1) is 9.76. The van der Waals surface area contributed by atoms with E-state index in [9.17, 15) is 16.8 Å². The highest BCUT2D eigenvalue weighted by molar-refractivity contribution is 7.92. The molecular weight excluding hydrogens is 316 g/mol. The molecule has 0 spiro atoms. The molecule has 1 fully saturated rings. The summed E-state index contributed by atoms with van der Waals surface area (Å²) >= 11 is 0. The number of hydrogen-bond donors (Lipinski definition) is 2. The Morgan fingerprint density at radius 3 is 2.76 bits per heavy atom. The molecule has 1 unspecified atom stereocenters. The minimum absolute atomic E-state index is 0.0278. The zero-order valence-corrected chi connectivity index (χ0v) is 13.0. The smallest absolute Gasteiger partial charge is 0.215 e. The molecule has 1 saturated heterocycles. The minimum atomic E-state index is -3.57. The standard InChI is InChI=1S/C12H18N2O5S2/c13-10-2-1-3-12(8-10)19-5-7-21(17,18)14-11-4-6-20(15,16)9-11/h1-3,8,11,14H,4-7,9,13H2. The van der Waals surface area contributed by atoms with E-state index in [0.29, 0.717) is 17.9 Å². The first kappa shape index (κ1) is 16.1. The number of anilines is 1. The van der Waals surface area contributed by atoms with Crippen molar-refractivity contribution in [1.29, 1.82) is 0 Å². The van der Waals surface area contributed by atoms with Crippen molar-refractivity contribution >= 4 is 25.5 Å². The number of nitrogens with one attached hydrogen (secondary N) is 1. The lowest BCUT2D eigenvalue weighted by molar-refractivity contribution is 0.340. The molecule has 21 heavy (non-hydrogen) atoms. The molecular formula is C12H18N2O5S2. The Hall–Kier alpha value is -1.32. The fourth-order valence-electron chi connectivity index (χ4n) is 2.07. The summed E-state index contributed by atoms with van der Waals surface area (Å²) < 4.78 is 54.0. The first-order valence-corrected chi connectivity index (χ1v) is 9.92. The number of rotatable bonds is 6. The van der Waals surface area contributed by atoms with E-state index in [4.69, 9.17) is 10.5 Å². The molecule has 1 atom stereocenters. The van der Waals surface area contributed by atoms with Gasteiger partial charge in [-0.2, -0.15) is 0 Å². The summed E-state index contributed by atoms with van der Waals surface area (Å²) in [6.45, 7) is -0.0295. The van der Waals surface area contributed by atoms with Crippen molar-refractivity contribution in [2.24, 2.45) is 0 Å². The normalized spacial score (nSPS) is 21.2. The van der Waals surface area contributed by atoms with Gasteiger partial charge in [-0.05, 0) is 18.6 Å². The molecule has 0 amide bonds. The van der Waals surface area contributed by atoms with Gasteiger partial charge in [0.15, 0.2) is 9.84 Å².